The van der Waals surface area contributed by atoms with Crippen LogP contribution in [0.2, 0.25) is 5.02 Å². The van der Waals surface area contributed by atoms with E-state index in [1.807, 2.05) is 35.1 Å². The van der Waals surface area contributed by atoms with Crippen LogP contribution in [0, 0.1) is 6.92 Å². The summed E-state index contributed by atoms with van der Waals surface area (Å²) in [6.45, 7) is 1.96. The molecule has 210 valence electrons. The summed E-state index contributed by atoms with van der Waals surface area (Å²) >= 11 is 7.48. The number of nitrogens with one attached hydrogen (secondary N) is 1. The normalized spacial score (nSPS) is 12.3. The lowest BCUT2D eigenvalue weighted by atomic mass is 10.1. The number of halogens is 1. The van der Waals surface area contributed by atoms with Crippen molar-refractivity contribution < 1.29 is 27.9 Å². The first-order valence-electron chi connectivity index (χ1n) is 12.0. The van der Waals surface area contributed by atoms with Crippen molar-refractivity contribution >= 4 is 45.0 Å². The molecule has 3 aromatic rings. The van der Waals surface area contributed by atoms with Crippen molar-refractivity contribution in [1.82, 2.24) is 18.9 Å². The molecule has 0 radical (unpaired) electrons. The minimum absolute atomic E-state index is 0.0116. The topological polar surface area (TPSA) is 129 Å². The Balaban J connectivity index is 1.83. The molecule has 13 heteroatoms. The fourth-order valence-electron chi connectivity index (χ4n) is 3.70. The number of ether oxygens (including phenoxy) is 1. The van der Waals surface area contributed by atoms with E-state index in [1.54, 1.807) is 13.0 Å². The van der Waals surface area contributed by atoms with Crippen LogP contribution in [-0.4, -0.2) is 67.3 Å². The van der Waals surface area contributed by atoms with Crippen LogP contribution in [0.15, 0.2) is 48.5 Å². The van der Waals surface area contributed by atoms with Gasteiger partial charge in [-0.05, 0) is 37.5 Å². The summed E-state index contributed by atoms with van der Waals surface area (Å²) in [5.74, 6) is -0.955. The number of aryl methyl sites for hydroxylation is 2. The van der Waals surface area contributed by atoms with E-state index in [4.69, 9.17) is 16.3 Å². The second-order valence-corrected chi connectivity index (χ2v) is 12.4. The third kappa shape index (κ3) is 7.99. The summed E-state index contributed by atoms with van der Waals surface area (Å²) in [5.41, 5.74) is 1.30. The van der Waals surface area contributed by atoms with Crippen LogP contribution in [0.4, 0.5) is 0 Å². The third-order valence-electron chi connectivity index (χ3n) is 5.87. The maximum atomic E-state index is 13.5. The van der Waals surface area contributed by atoms with E-state index in [1.165, 1.54) is 49.6 Å². The molecule has 0 saturated carbocycles. The van der Waals surface area contributed by atoms with E-state index < -0.39 is 28.1 Å². The molecular formula is C26H31ClN4O6S2. The van der Waals surface area contributed by atoms with Gasteiger partial charge in [0.2, 0.25) is 0 Å². The number of nitrogens with zero attached hydrogens (tertiary/aromatic N) is 3. The fourth-order valence-corrected chi connectivity index (χ4v) is 5.43. The third-order valence-corrected chi connectivity index (χ3v) is 8.56. The highest BCUT2D eigenvalue weighted by Crippen LogP contribution is 2.29. The summed E-state index contributed by atoms with van der Waals surface area (Å²) in [6.07, 6.45) is -0.219. The number of aromatic nitrogens is 1. The van der Waals surface area contributed by atoms with Crippen LogP contribution in [0.1, 0.15) is 44.0 Å². The zero-order valence-electron chi connectivity index (χ0n) is 22.0. The zero-order chi connectivity index (χ0) is 28.7. The SMILES string of the molecule is COc1ccc(C(O)C(=O)N(CCCc2ccccc2)Cc2nc(C(=O)NS(=O)(=O)N(C)C)c(C)s2)c(Cl)c1. The van der Waals surface area contributed by atoms with Crippen molar-refractivity contribution in [2.45, 2.75) is 32.4 Å². The van der Waals surface area contributed by atoms with Crippen LogP contribution in [0.5, 0.6) is 5.75 Å². The van der Waals surface area contributed by atoms with E-state index >= 15 is 0 Å². The first kappa shape index (κ1) is 30.5. The van der Waals surface area contributed by atoms with Gasteiger partial charge in [-0.25, -0.2) is 9.71 Å². The van der Waals surface area contributed by atoms with Gasteiger partial charge in [-0.15, -0.1) is 11.3 Å². The molecule has 1 heterocycles. The number of rotatable bonds is 12. The minimum atomic E-state index is -4.00. The Morgan fingerprint density at radius 1 is 1.18 bits per heavy atom. The van der Waals surface area contributed by atoms with E-state index in [9.17, 15) is 23.1 Å². The molecule has 0 saturated heterocycles. The number of aliphatic hydroxyl groups is 1. The maximum Gasteiger partial charge on any atom is 0.303 e. The molecule has 1 atom stereocenters. The van der Waals surface area contributed by atoms with E-state index in [0.717, 1.165) is 9.87 Å². The summed E-state index contributed by atoms with van der Waals surface area (Å²) in [6, 6.07) is 14.5. The molecule has 10 nitrogen and oxygen atoms in total. The highest BCUT2D eigenvalue weighted by molar-refractivity contribution is 7.87. The van der Waals surface area contributed by atoms with Crippen molar-refractivity contribution in [3.63, 3.8) is 0 Å². The number of amides is 2. The van der Waals surface area contributed by atoms with Crippen LogP contribution < -0.4 is 9.46 Å². The van der Waals surface area contributed by atoms with Gasteiger partial charge in [-0.3, -0.25) is 9.59 Å². The van der Waals surface area contributed by atoms with E-state index in [-0.39, 0.29) is 22.8 Å². The molecule has 2 aromatic carbocycles. The highest BCUT2D eigenvalue weighted by atomic mass is 35.5. The number of carbonyl (C=O) groups excluding carboxylic acids is 2. The van der Waals surface area contributed by atoms with Crippen LogP contribution in [-0.2, 0) is 28.0 Å². The van der Waals surface area contributed by atoms with Crippen molar-refractivity contribution in [2.75, 3.05) is 27.7 Å². The van der Waals surface area contributed by atoms with E-state index in [0.29, 0.717) is 35.0 Å². The Morgan fingerprint density at radius 3 is 2.49 bits per heavy atom. The minimum Gasteiger partial charge on any atom is -0.497 e. The predicted octanol–water partition coefficient (Wildman–Crippen LogP) is 3.34. The molecule has 0 aliphatic rings. The second-order valence-electron chi connectivity index (χ2n) is 8.87. The average Bonchev–Trinajstić information content (AvgIpc) is 3.27. The first-order chi connectivity index (χ1) is 18.4. The Bertz CT molecular complexity index is 1410. The standard InChI is InChI=1S/C26H31ClN4O6S2/c1-17-23(25(33)29-39(35,36)30(2)3)28-22(38-17)16-31(14-8-11-18-9-6-5-7-10-18)26(34)24(32)20-13-12-19(37-4)15-21(20)27/h5-7,9-10,12-13,15,24,32H,8,11,14,16H2,1-4H3,(H,29,33). The maximum absolute atomic E-state index is 13.5. The molecule has 0 spiro atoms. The fraction of sp³-hybridized carbons (Fsp3) is 0.346. The smallest absolute Gasteiger partial charge is 0.303 e. The molecule has 0 aliphatic carbocycles. The van der Waals surface area contributed by atoms with Gasteiger partial charge in [0.25, 0.3) is 11.8 Å². The van der Waals surface area contributed by atoms with Gasteiger partial charge in [0, 0.05) is 31.1 Å². The molecule has 39 heavy (non-hydrogen) atoms. The Labute approximate surface area is 237 Å². The molecule has 1 aromatic heterocycles. The Morgan fingerprint density at radius 2 is 1.87 bits per heavy atom. The lowest BCUT2D eigenvalue weighted by Gasteiger charge is -2.25. The number of hydrogen-bond donors (Lipinski definition) is 2. The summed E-state index contributed by atoms with van der Waals surface area (Å²) in [4.78, 5) is 32.4. The Kier molecular flexibility index (Phi) is 10.4. The predicted molar refractivity (Wildman–Crippen MR) is 150 cm³/mol. The van der Waals surface area contributed by atoms with Crippen molar-refractivity contribution in [3.8, 4) is 5.75 Å². The van der Waals surface area contributed by atoms with Gasteiger partial charge < -0.3 is 14.7 Å². The van der Waals surface area contributed by atoms with Crippen molar-refractivity contribution in [3.05, 3.63) is 80.3 Å². The summed E-state index contributed by atoms with van der Waals surface area (Å²) in [5, 5.41) is 11.6. The highest BCUT2D eigenvalue weighted by Gasteiger charge is 2.28. The second kappa shape index (κ2) is 13.4. The van der Waals surface area contributed by atoms with Gasteiger partial charge in [0.1, 0.15) is 16.5 Å². The Hall–Kier alpha value is -3.03. The van der Waals surface area contributed by atoms with Crippen molar-refractivity contribution in [1.29, 1.82) is 0 Å². The average molecular weight is 595 g/mol. The van der Waals surface area contributed by atoms with Gasteiger partial charge in [-0.1, -0.05) is 48.0 Å². The van der Waals surface area contributed by atoms with Crippen LogP contribution in [0.25, 0.3) is 0 Å². The number of thiazole rings is 1. The molecule has 0 aliphatic heterocycles. The lowest BCUT2D eigenvalue weighted by Crippen LogP contribution is -2.39. The monoisotopic (exact) mass is 594 g/mol. The van der Waals surface area contributed by atoms with Gasteiger partial charge in [0.05, 0.1) is 18.7 Å². The molecule has 0 bridgehead atoms. The van der Waals surface area contributed by atoms with E-state index in [2.05, 4.69) is 4.98 Å². The first-order valence-corrected chi connectivity index (χ1v) is 14.6. The lowest BCUT2D eigenvalue weighted by molar-refractivity contribution is -0.141. The number of benzene rings is 2. The van der Waals surface area contributed by atoms with Gasteiger partial charge in [-0.2, -0.15) is 12.7 Å². The number of methoxy groups -OCH3 is 1. The summed E-state index contributed by atoms with van der Waals surface area (Å²) in [7, 11) is 0.0881. The zero-order valence-corrected chi connectivity index (χ0v) is 24.4. The molecular weight excluding hydrogens is 564 g/mol. The molecule has 1 unspecified atom stereocenters. The largest absolute Gasteiger partial charge is 0.497 e. The number of aliphatic hydroxyl groups excluding tert-OH is 1. The van der Waals surface area contributed by atoms with Gasteiger partial charge >= 0.3 is 10.2 Å². The molecule has 2 amide bonds. The van der Waals surface area contributed by atoms with Crippen LogP contribution >= 0.6 is 22.9 Å². The number of carbonyl (C=O) groups is 2. The molecule has 0 fully saturated rings. The molecule has 3 rings (SSSR count). The quantitative estimate of drug-likeness (QED) is 0.329. The number of hydrogen-bond acceptors (Lipinski definition) is 8. The summed E-state index contributed by atoms with van der Waals surface area (Å²) < 4.78 is 32.2. The van der Waals surface area contributed by atoms with Crippen molar-refractivity contribution in [2.24, 2.45) is 0 Å². The molecule has 2 N–H and O–H groups in total. The van der Waals surface area contributed by atoms with Crippen LogP contribution in [0.3, 0.4) is 0 Å². The van der Waals surface area contributed by atoms with Gasteiger partial charge in [0.15, 0.2) is 6.10 Å².